The van der Waals surface area contributed by atoms with Gasteiger partial charge in [-0.2, -0.15) is 0 Å². The van der Waals surface area contributed by atoms with Crippen molar-refractivity contribution in [3.05, 3.63) is 29.3 Å². The first-order chi connectivity index (χ1) is 9.26. The third-order valence-electron chi connectivity index (χ3n) is 4.16. The zero-order valence-electron chi connectivity index (χ0n) is 12.2. The second-order valence-electron chi connectivity index (χ2n) is 5.47. The van der Waals surface area contributed by atoms with Gasteiger partial charge in [0.25, 0.3) is 0 Å². The van der Waals surface area contributed by atoms with Gasteiger partial charge in [0, 0.05) is 25.2 Å². The van der Waals surface area contributed by atoms with E-state index >= 15 is 0 Å². The van der Waals surface area contributed by atoms with Gasteiger partial charge >= 0.3 is 0 Å². The summed E-state index contributed by atoms with van der Waals surface area (Å²) in [5.74, 6) is 1.88. The Morgan fingerprint density at radius 3 is 2.68 bits per heavy atom. The first kappa shape index (κ1) is 14.4. The summed E-state index contributed by atoms with van der Waals surface area (Å²) in [6.07, 6.45) is 4.21. The van der Waals surface area contributed by atoms with Crippen molar-refractivity contribution in [2.24, 2.45) is 11.7 Å². The molecule has 106 valence electrons. The molecule has 1 fully saturated rings. The number of ether oxygens (including phenoxy) is 1. The predicted octanol–water partition coefficient (Wildman–Crippen LogP) is 2.78. The minimum atomic E-state index is 0.589. The van der Waals surface area contributed by atoms with Crippen LogP contribution >= 0.6 is 0 Å². The van der Waals surface area contributed by atoms with E-state index in [0.29, 0.717) is 6.54 Å². The van der Waals surface area contributed by atoms with E-state index in [4.69, 9.17) is 10.5 Å². The maximum Gasteiger partial charge on any atom is 0.123 e. The lowest BCUT2D eigenvalue weighted by Gasteiger charge is -2.32. The van der Waals surface area contributed by atoms with E-state index in [0.717, 1.165) is 24.8 Å². The maximum atomic E-state index is 5.73. The molecular formula is C16H26N2O. The molecule has 1 aromatic carbocycles. The lowest BCUT2D eigenvalue weighted by molar-refractivity contribution is 0.177. The summed E-state index contributed by atoms with van der Waals surface area (Å²) in [4.78, 5) is 2.52. The molecule has 1 aliphatic rings. The Kier molecular flexibility index (Phi) is 5.23. The molecule has 0 spiro atoms. The van der Waals surface area contributed by atoms with Gasteiger partial charge in [0.1, 0.15) is 5.75 Å². The van der Waals surface area contributed by atoms with Crippen LogP contribution in [0, 0.1) is 5.92 Å². The van der Waals surface area contributed by atoms with Crippen LogP contribution in [0.4, 0.5) is 0 Å². The topological polar surface area (TPSA) is 38.5 Å². The Balaban J connectivity index is 2.05. The van der Waals surface area contributed by atoms with Gasteiger partial charge in [-0.25, -0.2) is 0 Å². The lowest BCUT2D eigenvalue weighted by Crippen LogP contribution is -2.32. The van der Waals surface area contributed by atoms with Crippen molar-refractivity contribution in [1.82, 2.24) is 4.90 Å². The largest absolute Gasteiger partial charge is 0.496 e. The highest BCUT2D eigenvalue weighted by Gasteiger charge is 2.20. The fourth-order valence-corrected chi connectivity index (χ4v) is 2.67. The number of methoxy groups -OCH3 is 1. The van der Waals surface area contributed by atoms with Crippen LogP contribution in [-0.2, 0) is 13.1 Å². The Morgan fingerprint density at radius 1 is 1.37 bits per heavy atom. The summed E-state index contributed by atoms with van der Waals surface area (Å²) >= 11 is 0. The smallest absolute Gasteiger partial charge is 0.123 e. The highest BCUT2D eigenvalue weighted by molar-refractivity contribution is 5.37. The van der Waals surface area contributed by atoms with E-state index < -0.39 is 0 Å². The Hall–Kier alpha value is -1.06. The third-order valence-corrected chi connectivity index (χ3v) is 4.16. The van der Waals surface area contributed by atoms with Crippen molar-refractivity contribution >= 4 is 0 Å². The van der Waals surface area contributed by atoms with Gasteiger partial charge in [0.05, 0.1) is 7.11 Å². The van der Waals surface area contributed by atoms with Crippen molar-refractivity contribution in [1.29, 1.82) is 0 Å². The highest BCUT2D eigenvalue weighted by Crippen LogP contribution is 2.28. The average Bonchev–Trinajstić information content (AvgIpc) is 2.41. The second kappa shape index (κ2) is 6.92. The summed E-state index contributed by atoms with van der Waals surface area (Å²) in [7, 11) is 1.74. The molecule has 2 N–H and O–H groups in total. The van der Waals surface area contributed by atoms with Crippen molar-refractivity contribution in [2.45, 2.75) is 39.3 Å². The quantitative estimate of drug-likeness (QED) is 0.821. The molecule has 0 amide bonds. The molecule has 1 saturated carbocycles. The molecule has 0 atom stereocenters. The molecule has 0 saturated heterocycles. The predicted molar refractivity (Wildman–Crippen MR) is 79.2 cm³/mol. The zero-order valence-corrected chi connectivity index (χ0v) is 12.2. The molecular weight excluding hydrogens is 236 g/mol. The Bertz CT molecular complexity index is 402. The van der Waals surface area contributed by atoms with Crippen LogP contribution in [-0.4, -0.2) is 25.1 Å². The summed E-state index contributed by atoms with van der Waals surface area (Å²) in [5, 5.41) is 0. The van der Waals surface area contributed by atoms with Gasteiger partial charge in [0.15, 0.2) is 0 Å². The maximum absolute atomic E-state index is 5.73. The first-order valence-corrected chi connectivity index (χ1v) is 7.35. The summed E-state index contributed by atoms with van der Waals surface area (Å²) in [6, 6.07) is 6.27. The van der Waals surface area contributed by atoms with Gasteiger partial charge in [-0.05, 0) is 43.0 Å². The average molecular weight is 262 g/mol. The fraction of sp³-hybridized carbons (Fsp3) is 0.625. The van der Waals surface area contributed by atoms with Crippen LogP contribution in [0.2, 0.25) is 0 Å². The molecule has 0 heterocycles. The summed E-state index contributed by atoms with van der Waals surface area (Å²) in [6.45, 7) is 6.09. The molecule has 1 aromatic rings. The number of nitrogens with two attached hydrogens (primary N) is 1. The number of hydrogen-bond donors (Lipinski definition) is 1. The van der Waals surface area contributed by atoms with Crippen LogP contribution in [0.3, 0.4) is 0 Å². The Labute approximate surface area is 116 Å². The minimum Gasteiger partial charge on any atom is -0.496 e. The molecule has 0 unspecified atom stereocenters. The SMILES string of the molecule is CCN(Cc1cc(CN)ccc1OC)CC1CCC1. The van der Waals surface area contributed by atoms with Crippen LogP contribution in [0.1, 0.15) is 37.3 Å². The van der Waals surface area contributed by atoms with Crippen molar-refractivity contribution < 1.29 is 4.74 Å². The molecule has 0 aliphatic heterocycles. The van der Waals surface area contributed by atoms with Crippen molar-refractivity contribution in [3.63, 3.8) is 0 Å². The number of hydrogen-bond acceptors (Lipinski definition) is 3. The number of rotatable bonds is 7. The first-order valence-electron chi connectivity index (χ1n) is 7.35. The van der Waals surface area contributed by atoms with Gasteiger partial charge in [-0.15, -0.1) is 0 Å². The van der Waals surface area contributed by atoms with E-state index in [2.05, 4.69) is 17.9 Å². The summed E-state index contributed by atoms with van der Waals surface area (Å²) in [5.41, 5.74) is 8.16. The zero-order chi connectivity index (χ0) is 13.7. The highest BCUT2D eigenvalue weighted by atomic mass is 16.5. The molecule has 0 bridgehead atoms. The van der Waals surface area contributed by atoms with E-state index in [1.807, 2.05) is 12.1 Å². The van der Waals surface area contributed by atoms with E-state index in [1.54, 1.807) is 7.11 Å². The number of benzene rings is 1. The van der Waals surface area contributed by atoms with Crippen molar-refractivity contribution in [2.75, 3.05) is 20.2 Å². The second-order valence-corrected chi connectivity index (χ2v) is 5.47. The number of nitrogens with zero attached hydrogens (tertiary/aromatic N) is 1. The molecule has 0 radical (unpaired) electrons. The molecule has 0 aromatic heterocycles. The van der Waals surface area contributed by atoms with E-state index in [-0.39, 0.29) is 0 Å². The van der Waals surface area contributed by atoms with Crippen LogP contribution in [0.15, 0.2) is 18.2 Å². The van der Waals surface area contributed by atoms with Crippen LogP contribution in [0.5, 0.6) is 5.75 Å². The monoisotopic (exact) mass is 262 g/mol. The molecule has 19 heavy (non-hydrogen) atoms. The van der Waals surface area contributed by atoms with Crippen LogP contribution in [0.25, 0.3) is 0 Å². The van der Waals surface area contributed by atoms with Gasteiger partial charge in [0.2, 0.25) is 0 Å². The normalized spacial score (nSPS) is 15.6. The van der Waals surface area contributed by atoms with E-state index in [9.17, 15) is 0 Å². The molecule has 3 nitrogen and oxygen atoms in total. The molecule has 2 rings (SSSR count). The fourth-order valence-electron chi connectivity index (χ4n) is 2.67. The van der Waals surface area contributed by atoms with Crippen molar-refractivity contribution in [3.8, 4) is 5.75 Å². The minimum absolute atomic E-state index is 0.589. The lowest BCUT2D eigenvalue weighted by atomic mass is 9.85. The molecule has 3 heteroatoms. The van der Waals surface area contributed by atoms with Crippen LogP contribution < -0.4 is 10.5 Å². The van der Waals surface area contributed by atoms with Gasteiger partial charge in [-0.3, -0.25) is 4.90 Å². The summed E-state index contributed by atoms with van der Waals surface area (Å²) < 4.78 is 5.47. The van der Waals surface area contributed by atoms with Gasteiger partial charge < -0.3 is 10.5 Å². The molecule has 1 aliphatic carbocycles. The van der Waals surface area contributed by atoms with Gasteiger partial charge in [-0.1, -0.05) is 19.4 Å². The Morgan fingerprint density at radius 2 is 2.16 bits per heavy atom. The standard InChI is InChI=1S/C16H26N2O/c1-3-18(11-13-5-4-6-13)12-15-9-14(10-17)7-8-16(15)19-2/h7-9,13H,3-6,10-12,17H2,1-2H3. The van der Waals surface area contributed by atoms with E-state index in [1.165, 1.54) is 36.9 Å². The third kappa shape index (κ3) is 3.71.